The molecule has 9 heteroatoms. The molecule has 1 aliphatic heterocycles. The van der Waals surface area contributed by atoms with Crippen molar-refractivity contribution < 1.29 is 32.0 Å². The van der Waals surface area contributed by atoms with E-state index in [9.17, 15) is 18.0 Å². The molecule has 1 aromatic heterocycles. The van der Waals surface area contributed by atoms with Gasteiger partial charge in [-0.1, -0.05) is 29.4 Å². The number of benzene rings is 2. The molecule has 2 heterocycles. The van der Waals surface area contributed by atoms with E-state index in [1.807, 2.05) is 24.3 Å². The molecular formula is C24H21F3N2O4. The SMILES string of the molecule is COc1ccccc1C1=NOC(CN(Cc2cccc(C(F)(F)F)c2)C(=O)c2ccco2)C1. The minimum absolute atomic E-state index is 0.0483. The van der Waals surface area contributed by atoms with Crippen molar-refractivity contribution in [3.05, 3.63) is 89.4 Å². The van der Waals surface area contributed by atoms with Crippen molar-refractivity contribution >= 4 is 11.6 Å². The molecule has 0 saturated heterocycles. The number of oxime groups is 1. The van der Waals surface area contributed by atoms with E-state index in [-0.39, 0.29) is 18.8 Å². The Balaban J connectivity index is 1.53. The van der Waals surface area contributed by atoms with Crippen molar-refractivity contribution in [2.75, 3.05) is 13.7 Å². The Morgan fingerprint density at radius 1 is 1.15 bits per heavy atom. The molecule has 1 amide bonds. The van der Waals surface area contributed by atoms with Crippen LogP contribution in [0.4, 0.5) is 13.2 Å². The Labute approximate surface area is 188 Å². The van der Waals surface area contributed by atoms with E-state index in [0.717, 1.165) is 17.7 Å². The van der Waals surface area contributed by atoms with Crippen LogP contribution in [0.1, 0.15) is 33.7 Å². The number of methoxy groups -OCH3 is 1. The van der Waals surface area contributed by atoms with Crippen LogP contribution in [0, 0.1) is 0 Å². The molecule has 6 nitrogen and oxygen atoms in total. The Bertz CT molecular complexity index is 1140. The van der Waals surface area contributed by atoms with E-state index >= 15 is 0 Å². The molecule has 0 saturated carbocycles. The number of carbonyl (C=O) groups is 1. The minimum atomic E-state index is -4.47. The fourth-order valence-electron chi connectivity index (χ4n) is 3.66. The molecule has 0 spiro atoms. The topological polar surface area (TPSA) is 64.3 Å². The summed E-state index contributed by atoms with van der Waals surface area (Å²) in [5.74, 6) is 0.283. The van der Waals surface area contributed by atoms with Crippen molar-refractivity contribution in [1.82, 2.24) is 4.90 Å². The number of carbonyl (C=O) groups excluding carboxylic acids is 1. The molecule has 0 fully saturated rings. The van der Waals surface area contributed by atoms with E-state index < -0.39 is 23.8 Å². The molecule has 3 aromatic rings. The zero-order valence-electron chi connectivity index (χ0n) is 17.7. The molecule has 0 aliphatic carbocycles. The van der Waals surface area contributed by atoms with Gasteiger partial charge in [0, 0.05) is 18.5 Å². The van der Waals surface area contributed by atoms with Gasteiger partial charge in [-0.15, -0.1) is 0 Å². The highest BCUT2D eigenvalue weighted by Crippen LogP contribution is 2.30. The lowest BCUT2D eigenvalue weighted by atomic mass is 10.0. The maximum absolute atomic E-state index is 13.1. The first-order valence-electron chi connectivity index (χ1n) is 10.2. The van der Waals surface area contributed by atoms with Gasteiger partial charge < -0.3 is 18.9 Å². The van der Waals surface area contributed by atoms with Crippen molar-refractivity contribution in [3.8, 4) is 5.75 Å². The van der Waals surface area contributed by atoms with Crippen molar-refractivity contribution in [1.29, 1.82) is 0 Å². The average Bonchev–Trinajstić information content (AvgIpc) is 3.50. The maximum atomic E-state index is 13.1. The van der Waals surface area contributed by atoms with Crippen LogP contribution >= 0.6 is 0 Å². The Morgan fingerprint density at radius 3 is 2.70 bits per heavy atom. The predicted molar refractivity (Wildman–Crippen MR) is 114 cm³/mol. The molecule has 1 atom stereocenters. The second-order valence-corrected chi connectivity index (χ2v) is 7.53. The first-order valence-corrected chi connectivity index (χ1v) is 10.2. The second kappa shape index (κ2) is 9.40. The monoisotopic (exact) mass is 458 g/mol. The summed E-state index contributed by atoms with van der Waals surface area (Å²) in [4.78, 5) is 20.0. The number of nitrogens with zero attached hydrogens (tertiary/aromatic N) is 2. The van der Waals surface area contributed by atoms with E-state index in [4.69, 9.17) is 14.0 Å². The predicted octanol–water partition coefficient (Wildman–Crippen LogP) is 5.14. The van der Waals surface area contributed by atoms with Gasteiger partial charge in [-0.2, -0.15) is 13.2 Å². The Kier molecular flexibility index (Phi) is 6.39. The fraction of sp³-hybridized carbons (Fsp3) is 0.250. The Morgan fingerprint density at radius 2 is 1.97 bits per heavy atom. The van der Waals surface area contributed by atoms with Crippen molar-refractivity contribution in [2.24, 2.45) is 5.16 Å². The lowest BCUT2D eigenvalue weighted by Crippen LogP contribution is -2.37. The summed E-state index contributed by atoms with van der Waals surface area (Å²) in [6.45, 7) is 0.0607. The maximum Gasteiger partial charge on any atom is 0.416 e. The molecule has 1 unspecified atom stereocenters. The smallest absolute Gasteiger partial charge is 0.416 e. The number of rotatable bonds is 7. The molecular weight excluding hydrogens is 437 g/mol. The summed E-state index contributed by atoms with van der Waals surface area (Å²) < 4.78 is 50.0. The number of ether oxygens (including phenoxy) is 1. The van der Waals surface area contributed by atoms with Gasteiger partial charge in [-0.3, -0.25) is 4.79 Å². The summed E-state index contributed by atoms with van der Waals surface area (Å²) in [5, 5.41) is 4.15. The first kappa shape index (κ1) is 22.4. The Hall–Kier alpha value is -3.75. The summed E-state index contributed by atoms with van der Waals surface area (Å²) in [6.07, 6.45) is -3.18. The molecule has 1 aliphatic rings. The fourth-order valence-corrected chi connectivity index (χ4v) is 3.66. The standard InChI is InChI=1S/C24H21F3N2O4/c1-31-21-9-3-2-8-19(21)20-13-18(33-28-20)15-29(23(30)22-10-5-11-32-22)14-16-6-4-7-17(12-16)24(25,26)27/h2-12,18H,13-15H2,1H3. The summed E-state index contributed by atoms with van der Waals surface area (Å²) >= 11 is 0. The third kappa shape index (κ3) is 5.19. The highest BCUT2D eigenvalue weighted by Gasteiger charge is 2.32. The number of furan rings is 1. The highest BCUT2D eigenvalue weighted by atomic mass is 19.4. The quantitative estimate of drug-likeness (QED) is 0.492. The lowest BCUT2D eigenvalue weighted by molar-refractivity contribution is -0.137. The molecule has 2 aromatic carbocycles. The number of hydrogen-bond donors (Lipinski definition) is 0. The van der Waals surface area contributed by atoms with Crippen molar-refractivity contribution in [3.63, 3.8) is 0 Å². The minimum Gasteiger partial charge on any atom is -0.496 e. The van der Waals surface area contributed by atoms with Gasteiger partial charge >= 0.3 is 6.18 Å². The summed E-state index contributed by atoms with van der Waals surface area (Å²) in [6, 6.07) is 15.3. The summed E-state index contributed by atoms with van der Waals surface area (Å²) in [5.41, 5.74) is 1.02. The number of hydrogen-bond acceptors (Lipinski definition) is 5. The van der Waals surface area contributed by atoms with Crippen molar-refractivity contribution in [2.45, 2.75) is 25.2 Å². The van der Waals surface area contributed by atoms with Crippen LogP contribution in [0.25, 0.3) is 0 Å². The third-order valence-electron chi connectivity index (χ3n) is 5.22. The zero-order chi connectivity index (χ0) is 23.4. The van der Waals surface area contributed by atoms with Gasteiger partial charge in [0.05, 0.1) is 31.2 Å². The highest BCUT2D eigenvalue weighted by molar-refractivity contribution is 6.03. The van der Waals surface area contributed by atoms with E-state index in [1.54, 1.807) is 19.2 Å². The number of para-hydroxylation sites is 1. The van der Waals surface area contributed by atoms with E-state index in [1.165, 1.54) is 23.3 Å². The van der Waals surface area contributed by atoms with Gasteiger partial charge in [-0.25, -0.2) is 0 Å². The number of amides is 1. The summed E-state index contributed by atoms with van der Waals surface area (Å²) in [7, 11) is 1.56. The van der Waals surface area contributed by atoms with Crippen LogP contribution in [-0.4, -0.2) is 36.3 Å². The van der Waals surface area contributed by atoms with Gasteiger partial charge in [0.2, 0.25) is 0 Å². The van der Waals surface area contributed by atoms with Crippen LogP contribution in [0.5, 0.6) is 5.75 Å². The zero-order valence-corrected chi connectivity index (χ0v) is 17.7. The van der Waals surface area contributed by atoms with E-state index in [2.05, 4.69) is 5.16 Å². The largest absolute Gasteiger partial charge is 0.496 e. The molecule has 0 radical (unpaired) electrons. The molecule has 33 heavy (non-hydrogen) atoms. The molecule has 0 bridgehead atoms. The van der Waals surface area contributed by atoms with Crippen LogP contribution in [0.3, 0.4) is 0 Å². The van der Waals surface area contributed by atoms with Gasteiger partial charge in [-0.05, 0) is 42.0 Å². The van der Waals surface area contributed by atoms with Crippen LogP contribution in [0.2, 0.25) is 0 Å². The number of alkyl halides is 3. The normalized spacial score (nSPS) is 15.6. The third-order valence-corrected chi connectivity index (χ3v) is 5.22. The number of halogens is 3. The van der Waals surface area contributed by atoms with Crippen LogP contribution in [-0.2, 0) is 17.6 Å². The first-order chi connectivity index (χ1) is 15.8. The van der Waals surface area contributed by atoms with Crippen LogP contribution in [0.15, 0.2) is 76.5 Å². The lowest BCUT2D eigenvalue weighted by Gasteiger charge is -2.24. The van der Waals surface area contributed by atoms with Gasteiger partial charge in [0.15, 0.2) is 11.9 Å². The molecule has 0 N–H and O–H groups in total. The van der Waals surface area contributed by atoms with Gasteiger partial charge in [0.25, 0.3) is 5.91 Å². The van der Waals surface area contributed by atoms with E-state index in [0.29, 0.717) is 23.4 Å². The van der Waals surface area contributed by atoms with Crippen LogP contribution < -0.4 is 4.74 Å². The van der Waals surface area contributed by atoms with Gasteiger partial charge in [0.1, 0.15) is 5.75 Å². The second-order valence-electron chi connectivity index (χ2n) is 7.53. The molecule has 4 rings (SSSR count). The molecule has 172 valence electrons. The average molecular weight is 458 g/mol.